The first kappa shape index (κ1) is 84.3. The van der Waals surface area contributed by atoms with Crippen LogP contribution in [0.1, 0.15) is 450 Å². The van der Waals surface area contributed by atoms with Crippen LogP contribution in [0.15, 0.2) is 24.3 Å². The van der Waals surface area contributed by atoms with E-state index in [2.05, 4.69) is 31.3 Å². The number of esters is 1. The molecule has 0 aliphatic rings. The van der Waals surface area contributed by atoms with Crippen LogP contribution in [0.4, 0.5) is 0 Å². The Morgan fingerprint density at radius 3 is 0.826 bits per heavy atom. The Morgan fingerprint density at radius 2 is 0.547 bits per heavy atom. The summed E-state index contributed by atoms with van der Waals surface area (Å²) in [6, 6.07) is -0.622. The third kappa shape index (κ3) is 71.4. The summed E-state index contributed by atoms with van der Waals surface area (Å²) in [4.78, 5) is 24.6. The summed E-state index contributed by atoms with van der Waals surface area (Å²) >= 11 is 0. The Morgan fingerprint density at radius 1 is 0.314 bits per heavy atom. The van der Waals surface area contributed by atoms with Crippen molar-refractivity contribution in [2.45, 2.75) is 463 Å². The van der Waals surface area contributed by atoms with Gasteiger partial charge in [-0.15, -0.1) is 0 Å². The maximum atomic E-state index is 12.5. The lowest BCUT2D eigenvalue weighted by Crippen LogP contribution is -2.45. The number of ether oxygens (including phenoxy) is 1. The van der Waals surface area contributed by atoms with E-state index in [1.165, 1.54) is 385 Å². The Balaban J connectivity index is 3.28. The Bertz CT molecular complexity index is 1350. The van der Waals surface area contributed by atoms with Crippen LogP contribution in [0, 0.1) is 0 Å². The SMILES string of the molecule is CCCCCCCC/C=C\CCCCCCCCCCCC(=O)OCCCCCCCCCCCCCCCCCCCCCCCCCCCCCCCCCCCCCCCC(=O)NC(CO)C(O)/C=C/CCCCCCCCCCCCC. The molecule has 0 fully saturated rings. The molecule has 0 aliphatic heterocycles. The zero-order valence-electron chi connectivity index (χ0n) is 58.6. The van der Waals surface area contributed by atoms with Crippen LogP contribution in [0.25, 0.3) is 0 Å². The van der Waals surface area contributed by atoms with Crippen molar-refractivity contribution < 1.29 is 24.5 Å². The number of hydrogen-bond donors (Lipinski definition) is 3. The van der Waals surface area contributed by atoms with Gasteiger partial charge in [0, 0.05) is 12.8 Å². The molecule has 0 saturated carbocycles. The van der Waals surface area contributed by atoms with Crippen LogP contribution in [0.2, 0.25) is 0 Å². The molecule has 0 saturated heterocycles. The van der Waals surface area contributed by atoms with Gasteiger partial charge < -0.3 is 20.3 Å². The molecule has 2 atom stereocenters. The number of amides is 1. The first-order valence-electron chi connectivity index (χ1n) is 39.6. The van der Waals surface area contributed by atoms with Crippen molar-refractivity contribution in [3.8, 4) is 0 Å². The van der Waals surface area contributed by atoms with Gasteiger partial charge in [0.1, 0.15) is 0 Å². The molecule has 0 radical (unpaired) electrons. The second-order valence-corrected chi connectivity index (χ2v) is 27.4. The normalized spacial score (nSPS) is 12.6. The Labute approximate surface area is 539 Å². The highest BCUT2D eigenvalue weighted by atomic mass is 16.5. The zero-order valence-corrected chi connectivity index (χ0v) is 58.6. The molecule has 0 rings (SSSR count). The van der Waals surface area contributed by atoms with Crippen molar-refractivity contribution >= 4 is 11.9 Å². The monoisotopic (exact) mass is 1210 g/mol. The molecule has 3 N–H and O–H groups in total. The quantitative estimate of drug-likeness (QED) is 0.0320. The lowest BCUT2D eigenvalue weighted by molar-refractivity contribution is -0.143. The molecule has 0 aromatic carbocycles. The van der Waals surface area contributed by atoms with Gasteiger partial charge in [-0.2, -0.15) is 0 Å². The highest BCUT2D eigenvalue weighted by Crippen LogP contribution is 2.20. The number of aliphatic hydroxyl groups excluding tert-OH is 2. The fourth-order valence-corrected chi connectivity index (χ4v) is 12.7. The van der Waals surface area contributed by atoms with Gasteiger partial charge in [-0.3, -0.25) is 9.59 Å². The number of carbonyl (C=O) groups is 2. The molecule has 6 nitrogen and oxygen atoms in total. The summed E-state index contributed by atoms with van der Waals surface area (Å²) in [5, 5.41) is 23.1. The van der Waals surface area contributed by atoms with Crippen molar-refractivity contribution in [3.05, 3.63) is 24.3 Å². The standard InChI is InChI=1S/C80H155NO5/c1-3-5-7-9-11-13-15-17-18-19-39-43-46-50-54-58-62-66-70-74-80(85)86-75-71-67-63-59-55-51-47-44-41-38-36-34-32-30-28-26-24-22-20-21-23-25-27-29-31-33-35-37-40-42-45-49-53-57-61-65-69-73-79(84)81-77(76-82)78(83)72-68-64-60-56-52-48-16-14-12-10-8-6-4-2/h17-18,68,72,77-78,82-83H,3-16,19-67,69-71,73-76H2,1-2H3,(H,81,84)/b18-17-,72-68+. The summed E-state index contributed by atoms with van der Waals surface area (Å²) in [6.07, 6.45) is 97.5. The molecular weight excluding hydrogens is 1050 g/mol. The largest absolute Gasteiger partial charge is 0.466 e. The molecule has 510 valence electrons. The first-order valence-corrected chi connectivity index (χ1v) is 39.6. The van der Waals surface area contributed by atoms with Crippen LogP contribution in [0.3, 0.4) is 0 Å². The van der Waals surface area contributed by atoms with Crippen LogP contribution in [-0.4, -0.2) is 47.4 Å². The summed E-state index contributed by atoms with van der Waals surface area (Å²) < 4.78 is 5.52. The van der Waals surface area contributed by atoms with Crippen molar-refractivity contribution in [2.75, 3.05) is 13.2 Å². The summed E-state index contributed by atoms with van der Waals surface area (Å²) in [7, 11) is 0. The van der Waals surface area contributed by atoms with Gasteiger partial charge in [-0.25, -0.2) is 0 Å². The van der Waals surface area contributed by atoms with E-state index in [4.69, 9.17) is 4.74 Å². The number of rotatable bonds is 75. The minimum atomic E-state index is -0.839. The van der Waals surface area contributed by atoms with Gasteiger partial charge in [-0.05, 0) is 57.8 Å². The van der Waals surface area contributed by atoms with E-state index in [0.29, 0.717) is 19.4 Å². The third-order valence-corrected chi connectivity index (χ3v) is 18.7. The highest BCUT2D eigenvalue weighted by molar-refractivity contribution is 5.76. The lowest BCUT2D eigenvalue weighted by Gasteiger charge is -2.20. The summed E-state index contributed by atoms with van der Waals surface area (Å²) in [6.45, 7) is 4.94. The highest BCUT2D eigenvalue weighted by Gasteiger charge is 2.18. The molecular formula is C80H155NO5. The van der Waals surface area contributed by atoms with Gasteiger partial charge in [0.05, 0.1) is 25.4 Å². The number of aliphatic hydroxyl groups is 2. The number of unbranched alkanes of at least 4 members (excludes halogenated alkanes) is 62. The predicted molar refractivity (Wildman–Crippen MR) is 380 cm³/mol. The minimum absolute atomic E-state index is 0.0236. The molecule has 0 bridgehead atoms. The van der Waals surface area contributed by atoms with Gasteiger partial charge in [0.15, 0.2) is 0 Å². The number of allylic oxidation sites excluding steroid dienone is 3. The number of carbonyl (C=O) groups excluding carboxylic acids is 2. The van der Waals surface area contributed by atoms with E-state index in [1.807, 2.05) is 6.08 Å². The van der Waals surface area contributed by atoms with E-state index in [0.717, 1.165) is 38.5 Å². The second-order valence-electron chi connectivity index (χ2n) is 27.4. The molecule has 0 aliphatic carbocycles. The average Bonchev–Trinajstić information content (AvgIpc) is 3.54. The van der Waals surface area contributed by atoms with Gasteiger partial charge >= 0.3 is 5.97 Å². The smallest absolute Gasteiger partial charge is 0.305 e. The average molecular weight is 1210 g/mol. The van der Waals surface area contributed by atoms with E-state index in [-0.39, 0.29) is 18.5 Å². The van der Waals surface area contributed by atoms with Crippen LogP contribution < -0.4 is 5.32 Å². The third-order valence-electron chi connectivity index (χ3n) is 18.7. The summed E-state index contributed by atoms with van der Waals surface area (Å²) in [5.41, 5.74) is 0. The minimum Gasteiger partial charge on any atom is -0.466 e. The topological polar surface area (TPSA) is 95.9 Å². The molecule has 6 heteroatoms. The molecule has 0 aromatic rings. The lowest BCUT2D eigenvalue weighted by atomic mass is 10.0. The van der Waals surface area contributed by atoms with Gasteiger partial charge in [0.25, 0.3) is 0 Å². The van der Waals surface area contributed by atoms with Crippen LogP contribution in [0.5, 0.6) is 0 Å². The fourth-order valence-electron chi connectivity index (χ4n) is 12.7. The Hall–Kier alpha value is -1.66. The van der Waals surface area contributed by atoms with Crippen molar-refractivity contribution in [1.82, 2.24) is 5.32 Å². The molecule has 0 aromatic heterocycles. The number of nitrogens with one attached hydrogen (secondary N) is 1. The van der Waals surface area contributed by atoms with Crippen molar-refractivity contribution in [2.24, 2.45) is 0 Å². The van der Waals surface area contributed by atoms with Crippen molar-refractivity contribution in [1.29, 1.82) is 0 Å². The molecule has 1 amide bonds. The summed E-state index contributed by atoms with van der Waals surface area (Å²) in [5.74, 6) is -0.0364. The van der Waals surface area contributed by atoms with Crippen molar-refractivity contribution in [3.63, 3.8) is 0 Å². The van der Waals surface area contributed by atoms with E-state index in [9.17, 15) is 19.8 Å². The second kappa shape index (κ2) is 75.8. The fraction of sp³-hybridized carbons (Fsp3) is 0.925. The van der Waals surface area contributed by atoms with Gasteiger partial charge in [-0.1, -0.05) is 404 Å². The van der Waals surface area contributed by atoms with E-state index in [1.54, 1.807) is 6.08 Å². The maximum absolute atomic E-state index is 12.5. The van der Waals surface area contributed by atoms with E-state index >= 15 is 0 Å². The zero-order chi connectivity index (χ0) is 62.0. The van der Waals surface area contributed by atoms with E-state index < -0.39 is 12.1 Å². The predicted octanol–water partition coefficient (Wildman–Crippen LogP) is 26.0. The van der Waals surface area contributed by atoms with Crippen LogP contribution >= 0.6 is 0 Å². The molecule has 2 unspecified atom stereocenters. The molecule has 86 heavy (non-hydrogen) atoms. The van der Waals surface area contributed by atoms with Crippen LogP contribution in [-0.2, 0) is 14.3 Å². The Kier molecular flexibility index (Phi) is 74.3. The van der Waals surface area contributed by atoms with Gasteiger partial charge in [0.2, 0.25) is 5.91 Å². The first-order chi connectivity index (χ1) is 42.5. The molecule has 0 spiro atoms. The number of hydrogen-bond acceptors (Lipinski definition) is 5. The maximum Gasteiger partial charge on any atom is 0.305 e. The molecule has 0 heterocycles.